The highest BCUT2D eigenvalue weighted by Crippen LogP contribution is 2.27. The Labute approximate surface area is 103 Å². The van der Waals surface area contributed by atoms with Gasteiger partial charge in [-0.3, -0.25) is 4.79 Å². The van der Waals surface area contributed by atoms with Gasteiger partial charge < -0.3 is 0 Å². The Morgan fingerprint density at radius 2 is 1.82 bits per heavy atom. The first-order valence-electron chi connectivity index (χ1n) is 6.11. The molecule has 0 N–H and O–H groups in total. The summed E-state index contributed by atoms with van der Waals surface area (Å²) in [4.78, 5) is 11.3. The van der Waals surface area contributed by atoms with Crippen LogP contribution in [0, 0.1) is 0 Å². The molecule has 0 amide bonds. The fraction of sp³-hybridized carbons (Fsp3) is 0.312. The molecule has 2 rings (SSSR count). The molecule has 0 aliphatic heterocycles. The first-order chi connectivity index (χ1) is 8.16. The van der Waals surface area contributed by atoms with E-state index in [4.69, 9.17) is 0 Å². The summed E-state index contributed by atoms with van der Waals surface area (Å²) in [5.74, 6) is 0.270. The maximum absolute atomic E-state index is 11.3. The Morgan fingerprint density at radius 3 is 2.35 bits per heavy atom. The van der Waals surface area contributed by atoms with Crippen molar-refractivity contribution < 1.29 is 4.79 Å². The second kappa shape index (κ2) is 5.13. The number of allylic oxidation sites excluding steroid dienone is 4. The van der Waals surface area contributed by atoms with Gasteiger partial charge in [0.1, 0.15) is 0 Å². The van der Waals surface area contributed by atoms with E-state index in [1.165, 1.54) is 22.3 Å². The normalized spacial score (nSPS) is 14.7. The zero-order chi connectivity index (χ0) is 12.3. The monoisotopic (exact) mass is 226 g/mol. The molecule has 1 aromatic carbocycles. The molecule has 17 heavy (non-hydrogen) atoms. The summed E-state index contributed by atoms with van der Waals surface area (Å²) in [5.41, 5.74) is 5.19. The number of rotatable bonds is 3. The molecular weight excluding hydrogens is 208 g/mol. The van der Waals surface area contributed by atoms with Crippen molar-refractivity contribution in [2.45, 2.75) is 33.1 Å². The Kier molecular flexibility index (Phi) is 3.58. The fourth-order valence-corrected chi connectivity index (χ4v) is 2.25. The average molecular weight is 226 g/mol. The van der Waals surface area contributed by atoms with Crippen molar-refractivity contribution in [3.8, 4) is 0 Å². The number of benzene rings is 1. The molecule has 1 nitrogen and oxygen atoms in total. The van der Waals surface area contributed by atoms with Gasteiger partial charge in [-0.25, -0.2) is 0 Å². The molecule has 1 aliphatic carbocycles. The predicted octanol–water partition coefficient (Wildman–Crippen LogP) is 3.85. The average Bonchev–Trinajstić information content (AvgIpc) is 2.73. The van der Waals surface area contributed by atoms with Crippen LogP contribution in [-0.2, 0) is 11.2 Å². The largest absolute Gasteiger partial charge is 0.295 e. The lowest BCUT2D eigenvalue weighted by molar-refractivity contribution is -0.114. The maximum Gasteiger partial charge on any atom is 0.156 e. The lowest BCUT2D eigenvalue weighted by Gasteiger charge is -2.11. The van der Waals surface area contributed by atoms with Crippen LogP contribution in [0.2, 0.25) is 0 Å². The molecule has 0 bridgehead atoms. The van der Waals surface area contributed by atoms with Crippen molar-refractivity contribution in [3.63, 3.8) is 0 Å². The fourth-order valence-electron chi connectivity index (χ4n) is 2.25. The van der Waals surface area contributed by atoms with E-state index in [2.05, 4.69) is 38.1 Å². The second-order valence-corrected chi connectivity index (χ2v) is 4.78. The van der Waals surface area contributed by atoms with Gasteiger partial charge in [0, 0.05) is 6.42 Å². The SMILES string of the molecule is CC(C)=C(Cc1ccccc1)C1=CC(=O)CC1. The molecule has 88 valence electrons. The van der Waals surface area contributed by atoms with Gasteiger partial charge in [0.15, 0.2) is 5.78 Å². The van der Waals surface area contributed by atoms with E-state index in [0.717, 1.165) is 12.8 Å². The Balaban J connectivity index is 2.24. The van der Waals surface area contributed by atoms with Crippen molar-refractivity contribution >= 4 is 5.78 Å². The van der Waals surface area contributed by atoms with Crippen molar-refractivity contribution in [2.75, 3.05) is 0 Å². The van der Waals surface area contributed by atoms with E-state index in [1.807, 2.05) is 12.1 Å². The van der Waals surface area contributed by atoms with Gasteiger partial charge >= 0.3 is 0 Å². The molecule has 1 aromatic rings. The molecule has 0 saturated heterocycles. The van der Waals surface area contributed by atoms with Gasteiger partial charge in [0.25, 0.3) is 0 Å². The second-order valence-electron chi connectivity index (χ2n) is 4.78. The third kappa shape index (κ3) is 2.94. The third-order valence-electron chi connectivity index (χ3n) is 3.19. The van der Waals surface area contributed by atoms with E-state index < -0.39 is 0 Å². The number of ketones is 1. The number of hydrogen-bond acceptors (Lipinski definition) is 1. The van der Waals surface area contributed by atoms with Crippen LogP contribution in [0.25, 0.3) is 0 Å². The molecule has 0 atom stereocenters. The molecular formula is C16H18O. The lowest BCUT2D eigenvalue weighted by atomic mass is 9.94. The standard InChI is InChI=1S/C16H18O/c1-12(2)16(14-8-9-15(17)11-14)10-13-6-4-3-5-7-13/h3-7,11H,8-10H2,1-2H3. The van der Waals surface area contributed by atoms with E-state index in [9.17, 15) is 4.79 Å². The highest BCUT2D eigenvalue weighted by molar-refractivity contribution is 5.94. The molecule has 0 aromatic heterocycles. The van der Waals surface area contributed by atoms with Crippen LogP contribution in [0.1, 0.15) is 32.3 Å². The van der Waals surface area contributed by atoms with E-state index in [0.29, 0.717) is 6.42 Å². The highest BCUT2D eigenvalue weighted by Gasteiger charge is 2.16. The molecule has 0 heterocycles. The lowest BCUT2D eigenvalue weighted by Crippen LogP contribution is -1.96. The molecule has 1 heteroatoms. The van der Waals surface area contributed by atoms with Crippen molar-refractivity contribution in [3.05, 3.63) is 58.7 Å². The van der Waals surface area contributed by atoms with Gasteiger partial charge in [-0.1, -0.05) is 35.9 Å². The topological polar surface area (TPSA) is 17.1 Å². The van der Waals surface area contributed by atoms with Crippen LogP contribution in [0.5, 0.6) is 0 Å². The maximum atomic E-state index is 11.3. The smallest absolute Gasteiger partial charge is 0.156 e. The van der Waals surface area contributed by atoms with Gasteiger partial charge in [0.05, 0.1) is 0 Å². The number of hydrogen-bond donors (Lipinski definition) is 0. The van der Waals surface area contributed by atoms with Crippen LogP contribution >= 0.6 is 0 Å². The molecule has 0 saturated carbocycles. The summed E-state index contributed by atoms with van der Waals surface area (Å²) in [6.45, 7) is 4.25. The molecule has 0 unspecified atom stereocenters. The minimum Gasteiger partial charge on any atom is -0.295 e. The van der Waals surface area contributed by atoms with Crippen LogP contribution in [0.4, 0.5) is 0 Å². The highest BCUT2D eigenvalue weighted by atomic mass is 16.1. The molecule has 0 spiro atoms. The van der Waals surface area contributed by atoms with E-state index in [-0.39, 0.29) is 5.78 Å². The summed E-state index contributed by atoms with van der Waals surface area (Å²) >= 11 is 0. The first kappa shape index (κ1) is 11.8. The minimum atomic E-state index is 0.270. The van der Waals surface area contributed by atoms with Gasteiger partial charge in [-0.15, -0.1) is 0 Å². The number of carbonyl (C=O) groups excluding carboxylic acids is 1. The van der Waals surface area contributed by atoms with Crippen LogP contribution < -0.4 is 0 Å². The zero-order valence-corrected chi connectivity index (χ0v) is 10.5. The van der Waals surface area contributed by atoms with Crippen molar-refractivity contribution in [1.82, 2.24) is 0 Å². The van der Waals surface area contributed by atoms with Crippen LogP contribution in [-0.4, -0.2) is 5.78 Å². The van der Waals surface area contributed by atoms with Gasteiger partial charge in [-0.05, 0) is 49.5 Å². The zero-order valence-electron chi connectivity index (χ0n) is 10.5. The van der Waals surface area contributed by atoms with Gasteiger partial charge in [0.2, 0.25) is 0 Å². The molecule has 0 fully saturated rings. The van der Waals surface area contributed by atoms with Crippen LogP contribution in [0.3, 0.4) is 0 Å². The summed E-state index contributed by atoms with van der Waals surface area (Å²) in [6.07, 6.45) is 4.35. The Hall–Kier alpha value is -1.63. The summed E-state index contributed by atoms with van der Waals surface area (Å²) < 4.78 is 0. The summed E-state index contributed by atoms with van der Waals surface area (Å²) in [7, 11) is 0. The Bertz CT molecular complexity index is 474. The summed E-state index contributed by atoms with van der Waals surface area (Å²) in [6, 6.07) is 10.4. The predicted molar refractivity (Wildman–Crippen MR) is 70.8 cm³/mol. The van der Waals surface area contributed by atoms with Gasteiger partial charge in [-0.2, -0.15) is 0 Å². The van der Waals surface area contributed by atoms with E-state index in [1.54, 1.807) is 0 Å². The van der Waals surface area contributed by atoms with Crippen LogP contribution in [0.15, 0.2) is 53.1 Å². The molecule has 0 radical (unpaired) electrons. The molecule has 1 aliphatic rings. The number of carbonyl (C=O) groups is 1. The summed E-state index contributed by atoms with van der Waals surface area (Å²) in [5, 5.41) is 0. The van der Waals surface area contributed by atoms with Crippen molar-refractivity contribution in [2.24, 2.45) is 0 Å². The third-order valence-corrected chi connectivity index (χ3v) is 3.19. The minimum absolute atomic E-state index is 0.270. The quantitative estimate of drug-likeness (QED) is 0.765. The van der Waals surface area contributed by atoms with E-state index >= 15 is 0 Å². The Morgan fingerprint density at radius 1 is 1.12 bits per heavy atom. The first-order valence-corrected chi connectivity index (χ1v) is 6.11. The van der Waals surface area contributed by atoms with Crippen molar-refractivity contribution in [1.29, 1.82) is 0 Å².